The van der Waals surface area contributed by atoms with Crippen molar-refractivity contribution in [2.75, 3.05) is 5.75 Å². The van der Waals surface area contributed by atoms with Crippen LogP contribution in [0, 0.1) is 11.3 Å². The molecule has 0 amide bonds. The van der Waals surface area contributed by atoms with Crippen LogP contribution in [0.15, 0.2) is 0 Å². The number of halogens is 3. The van der Waals surface area contributed by atoms with Crippen LogP contribution >= 0.6 is 0 Å². The van der Waals surface area contributed by atoms with Gasteiger partial charge in [0.2, 0.25) is 10.0 Å². The fraction of sp³-hybridized carbons (Fsp3) is 0.833. The number of nitrogens with one attached hydrogen (secondary N) is 1. The first-order valence-corrected chi connectivity index (χ1v) is 5.33. The summed E-state index contributed by atoms with van der Waals surface area (Å²) in [6.07, 6.45) is -5.11. The number of hydrogen-bond donors (Lipinski definition) is 1. The Bertz CT molecular complexity index is 364. The van der Waals surface area contributed by atoms with Gasteiger partial charge >= 0.3 is 6.18 Å². The Hall–Kier alpha value is -0.810. The summed E-state index contributed by atoms with van der Waals surface area (Å²) < 4.78 is 60.1. The Labute approximate surface area is 78.8 Å². The summed E-state index contributed by atoms with van der Waals surface area (Å²) in [7, 11) is -4.14. The minimum atomic E-state index is -4.59. The van der Waals surface area contributed by atoms with Crippen molar-refractivity contribution < 1.29 is 21.6 Å². The average Bonchev–Trinajstić information content (AvgIpc) is 2.65. The van der Waals surface area contributed by atoms with Gasteiger partial charge in [-0.05, 0) is 12.8 Å². The highest BCUT2D eigenvalue weighted by molar-refractivity contribution is 7.89. The molecular formula is C6H7F3N2O2S. The van der Waals surface area contributed by atoms with Gasteiger partial charge in [0.05, 0.1) is 6.07 Å². The maximum absolute atomic E-state index is 12.3. The van der Waals surface area contributed by atoms with Gasteiger partial charge in [-0.15, -0.1) is 0 Å². The second kappa shape index (κ2) is 3.10. The second-order valence-corrected chi connectivity index (χ2v) is 4.82. The van der Waals surface area contributed by atoms with Crippen LogP contribution in [0.5, 0.6) is 0 Å². The SMILES string of the molecule is N#CCS(=O)(=O)NC1(C(F)(F)F)CC1. The second-order valence-electron chi connectivity index (χ2n) is 3.10. The lowest BCUT2D eigenvalue weighted by atomic mass is 10.3. The van der Waals surface area contributed by atoms with Gasteiger partial charge in [0.25, 0.3) is 0 Å². The summed E-state index contributed by atoms with van der Waals surface area (Å²) >= 11 is 0. The lowest BCUT2D eigenvalue weighted by Gasteiger charge is -2.19. The standard InChI is InChI=1S/C6H7F3N2O2S/c7-6(8,9)5(1-2-5)11-14(12,13)4-3-10/h11H,1-2,4H2. The number of hydrogen-bond acceptors (Lipinski definition) is 3. The monoisotopic (exact) mass is 228 g/mol. The molecule has 0 bridgehead atoms. The molecule has 4 nitrogen and oxygen atoms in total. The van der Waals surface area contributed by atoms with Crippen LogP contribution in [0.1, 0.15) is 12.8 Å². The molecule has 0 aliphatic heterocycles. The van der Waals surface area contributed by atoms with Crippen molar-refractivity contribution >= 4 is 10.0 Å². The van der Waals surface area contributed by atoms with E-state index in [-0.39, 0.29) is 12.8 Å². The van der Waals surface area contributed by atoms with E-state index in [1.165, 1.54) is 10.8 Å². The van der Waals surface area contributed by atoms with Gasteiger partial charge in [-0.1, -0.05) is 0 Å². The molecule has 0 unspecified atom stereocenters. The average molecular weight is 228 g/mol. The zero-order valence-corrected chi connectivity index (χ0v) is 7.74. The van der Waals surface area contributed by atoms with Crippen LogP contribution in [-0.4, -0.2) is 25.9 Å². The molecule has 0 saturated heterocycles. The minimum absolute atomic E-state index is 0.263. The topological polar surface area (TPSA) is 70.0 Å². The highest BCUT2D eigenvalue weighted by atomic mass is 32.2. The largest absolute Gasteiger partial charge is 0.407 e. The summed E-state index contributed by atoms with van der Waals surface area (Å²) in [6, 6.07) is 1.29. The first kappa shape index (κ1) is 11.3. The van der Waals surface area contributed by atoms with Crippen molar-refractivity contribution in [2.45, 2.75) is 24.6 Å². The summed E-state index contributed by atoms with van der Waals surface area (Å²) in [5.74, 6) is -0.954. The van der Waals surface area contributed by atoms with Crippen LogP contribution < -0.4 is 4.72 Å². The maximum atomic E-state index is 12.3. The van der Waals surface area contributed by atoms with Crippen LogP contribution in [0.3, 0.4) is 0 Å². The third-order valence-corrected chi connectivity index (χ3v) is 3.11. The quantitative estimate of drug-likeness (QED) is 0.765. The van der Waals surface area contributed by atoms with Gasteiger partial charge in [0.15, 0.2) is 5.75 Å². The predicted molar refractivity (Wildman–Crippen MR) is 40.6 cm³/mol. The number of rotatable bonds is 3. The van der Waals surface area contributed by atoms with E-state index >= 15 is 0 Å². The number of nitrogens with zero attached hydrogens (tertiary/aromatic N) is 1. The minimum Gasteiger partial charge on any atom is -0.211 e. The Morgan fingerprint density at radius 3 is 2.21 bits per heavy atom. The van der Waals surface area contributed by atoms with Gasteiger partial charge in [-0.25, -0.2) is 8.42 Å². The number of alkyl halides is 3. The van der Waals surface area contributed by atoms with E-state index in [4.69, 9.17) is 5.26 Å². The van der Waals surface area contributed by atoms with Gasteiger partial charge in [-0.2, -0.15) is 23.2 Å². The fourth-order valence-electron chi connectivity index (χ4n) is 0.987. The van der Waals surface area contributed by atoms with E-state index in [0.717, 1.165) is 0 Å². The summed E-state index contributed by atoms with van der Waals surface area (Å²) in [5.41, 5.74) is -2.32. The molecule has 1 rings (SSSR count). The molecule has 0 aromatic heterocycles. The van der Waals surface area contributed by atoms with Crippen molar-refractivity contribution in [3.63, 3.8) is 0 Å². The maximum Gasteiger partial charge on any atom is 0.407 e. The molecule has 1 N–H and O–H groups in total. The van der Waals surface area contributed by atoms with E-state index in [1.54, 1.807) is 0 Å². The first-order chi connectivity index (χ1) is 6.22. The molecule has 1 fully saturated rings. The fourth-order valence-corrected chi connectivity index (χ4v) is 2.14. The van der Waals surface area contributed by atoms with Crippen LogP contribution in [-0.2, 0) is 10.0 Å². The Morgan fingerprint density at radius 1 is 1.43 bits per heavy atom. The normalized spacial score (nSPS) is 20.1. The van der Waals surface area contributed by atoms with E-state index in [0.29, 0.717) is 0 Å². The van der Waals surface area contributed by atoms with Gasteiger partial charge in [0.1, 0.15) is 5.54 Å². The molecule has 1 saturated carbocycles. The Kier molecular flexibility index (Phi) is 2.49. The van der Waals surface area contributed by atoms with Crippen LogP contribution in [0.25, 0.3) is 0 Å². The Balaban J connectivity index is 2.76. The lowest BCUT2D eigenvalue weighted by Crippen LogP contribution is -2.48. The van der Waals surface area contributed by atoms with Crippen LogP contribution in [0.2, 0.25) is 0 Å². The molecule has 0 radical (unpaired) electrons. The molecule has 14 heavy (non-hydrogen) atoms. The van der Waals surface area contributed by atoms with Crippen molar-refractivity contribution in [1.29, 1.82) is 5.26 Å². The van der Waals surface area contributed by atoms with Crippen molar-refractivity contribution in [3.8, 4) is 6.07 Å². The highest BCUT2D eigenvalue weighted by Gasteiger charge is 2.65. The highest BCUT2D eigenvalue weighted by Crippen LogP contribution is 2.49. The molecule has 0 aromatic rings. The molecule has 0 atom stereocenters. The van der Waals surface area contributed by atoms with Crippen molar-refractivity contribution in [2.24, 2.45) is 0 Å². The Morgan fingerprint density at radius 2 is 1.93 bits per heavy atom. The number of sulfonamides is 1. The van der Waals surface area contributed by atoms with E-state index < -0.39 is 27.5 Å². The lowest BCUT2D eigenvalue weighted by molar-refractivity contribution is -0.160. The molecule has 8 heteroatoms. The number of nitriles is 1. The van der Waals surface area contributed by atoms with Crippen LogP contribution in [0.4, 0.5) is 13.2 Å². The zero-order chi connectivity index (χ0) is 11.0. The van der Waals surface area contributed by atoms with E-state index in [2.05, 4.69) is 0 Å². The predicted octanol–water partition coefficient (Wildman–Crippen LogP) is 0.524. The smallest absolute Gasteiger partial charge is 0.211 e. The zero-order valence-electron chi connectivity index (χ0n) is 6.93. The van der Waals surface area contributed by atoms with Crippen molar-refractivity contribution in [1.82, 2.24) is 4.72 Å². The molecule has 80 valence electrons. The third-order valence-electron chi connectivity index (χ3n) is 1.90. The molecule has 0 heterocycles. The summed E-state index contributed by atoms with van der Waals surface area (Å²) in [4.78, 5) is 0. The molecule has 0 spiro atoms. The molecular weight excluding hydrogens is 221 g/mol. The summed E-state index contributed by atoms with van der Waals surface area (Å²) in [6.45, 7) is 0. The molecule has 0 aromatic carbocycles. The van der Waals surface area contributed by atoms with E-state index in [9.17, 15) is 21.6 Å². The van der Waals surface area contributed by atoms with Gasteiger partial charge in [0, 0.05) is 0 Å². The van der Waals surface area contributed by atoms with Crippen molar-refractivity contribution in [3.05, 3.63) is 0 Å². The first-order valence-electron chi connectivity index (χ1n) is 3.68. The molecule has 1 aliphatic rings. The third kappa shape index (κ3) is 2.16. The van der Waals surface area contributed by atoms with Gasteiger partial charge in [-0.3, -0.25) is 0 Å². The molecule has 1 aliphatic carbocycles. The summed E-state index contributed by atoms with van der Waals surface area (Å²) in [5, 5.41) is 8.07. The van der Waals surface area contributed by atoms with E-state index in [1.807, 2.05) is 0 Å². The van der Waals surface area contributed by atoms with Gasteiger partial charge < -0.3 is 0 Å².